The van der Waals surface area contributed by atoms with Gasteiger partial charge in [-0.2, -0.15) is 0 Å². The molecule has 4 fully saturated rings. The van der Waals surface area contributed by atoms with Gasteiger partial charge in [0.25, 0.3) is 0 Å². The average Bonchev–Trinajstić information content (AvgIpc) is 2.86. The molecule has 0 heterocycles. The van der Waals surface area contributed by atoms with Crippen LogP contribution in [0.3, 0.4) is 0 Å². The second-order valence-corrected chi connectivity index (χ2v) is 9.83. The van der Waals surface area contributed by atoms with Gasteiger partial charge in [0, 0.05) is 0 Å². The first-order chi connectivity index (χ1) is 11.0. The summed E-state index contributed by atoms with van der Waals surface area (Å²) in [7, 11) is 0. The fourth-order valence-electron chi connectivity index (χ4n) is 8.08. The Hall–Kier alpha value is -0.460. The van der Waals surface area contributed by atoms with E-state index in [1.807, 2.05) is 0 Å². The quantitative estimate of drug-likeness (QED) is 0.548. The summed E-state index contributed by atoms with van der Waals surface area (Å²) in [5, 5.41) is 9.96. The third kappa shape index (κ3) is 2.10. The standard InChI is InChI=1S/C22H36O/c1-4-16-13-15(14-23)20-18-9-8-17-7-5-6-11-21(17,2)19(18)10-12-22(16,20)3/h14,16-20,23H,4-13H2,1-3H3/t16-,17?,18+,19-,20-,21-,22+/m0/s1. The van der Waals surface area contributed by atoms with E-state index in [1.165, 1.54) is 69.6 Å². The maximum absolute atomic E-state index is 9.96. The number of rotatable bonds is 1. The SMILES string of the molecule is CC[C@H]1CC(=CO)[C@H]2[C@@H]3CCC4CCCC[C@]4(C)[C@H]3CC[C@]12C. The van der Waals surface area contributed by atoms with Crippen molar-refractivity contribution in [3.05, 3.63) is 11.8 Å². The van der Waals surface area contributed by atoms with Crippen LogP contribution in [0.2, 0.25) is 0 Å². The molecule has 23 heavy (non-hydrogen) atoms. The molecule has 4 aliphatic carbocycles. The molecule has 1 unspecified atom stereocenters. The van der Waals surface area contributed by atoms with Crippen molar-refractivity contribution in [3.8, 4) is 0 Å². The molecule has 0 radical (unpaired) electrons. The van der Waals surface area contributed by atoms with E-state index in [0.717, 1.165) is 30.1 Å². The van der Waals surface area contributed by atoms with Crippen molar-refractivity contribution in [3.63, 3.8) is 0 Å². The number of hydrogen-bond donors (Lipinski definition) is 1. The zero-order valence-corrected chi connectivity index (χ0v) is 15.5. The average molecular weight is 317 g/mol. The second kappa shape index (κ2) is 5.53. The summed E-state index contributed by atoms with van der Waals surface area (Å²) in [6.07, 6.45) is 15.6. The minimum absolute atomic E-state index is 0.461. The molecule has 0 spiro atoms. The van der Waals surface area contributed by atoms with Crippen LogP contribution in [0.25, 0.3) is 0 Å². The molecule has 1 nitrogen and oxygen atoms in total. The fourth-order valence-corrected chi connectivity index (χ4v) is 8.08. The van der Waals surface area contributed by atoms with Crippen LogP contribution >= 0.6 is 0 Å². The van der Waals surface area contributed by atoms with Crippen LogP contribution in [0.15, 0.2) is 11.8 Å². The lowest BCUT2D eigenvalue weighted by Gasteiger charge is -2.60. The minimum Gasteiger partial charge on any atom is -0.516 e. The summed E-state index contributed by atoms with van der Waals surface area (Å²) >= 11 is 0. The van der Waals surface area contributed by atoms with Crippen molar-refractivity contribution in [1.29, 1.82) is 0 Å². The lowest BCUT2D eigenvalue weighted by Crippen LogP contribution is -2.52. The van der Waals surface area contributed by atoms with Gasteiger partial charge in [0.05, 0.1) is 6.26 Å². The Labute approximate surface area is 142 Å². The third-order valence-corrected chi connectivity index (χ3v) is 9.27. The molecular weight excluding hydrogens is 280 g/mol. The Kier molecular flexibility index (Phi) is 3.85. The zero-order chi connectivity index (χ0) is 16.2. The molecule has 0 aromatic carbocycles. The van der Waals surface area contributed by atoms with Crippen molar-refractivity contribution in [2.24, 2.45) is 40.4 Å². The molecule has 4 rings (SSSR count). The highest BCUT2D eigenvalue weighted by Crippen LogP contribution is 2.68. The highest BCUT2D eigenvalue weighted by atomic mass is 16.2. The highest BCUT2D eigenvalue weighted by Gasteiger charge is 2.60. The molecule has 0 bridgehead atoms. The Morgan fingerprint density at radius 2 is 1.87 bits per heavy atom. The Balaban J connectivity index is 1.70. The predicted octanol–water partition coefficient (Wildman–Crippen LogP) is 6.50. The van der Waals surface area contributed by atoms with Crippen molar-refractivity contribution in [2.75, 3.05) is 0 Å². The van der Waals surface area contributed by atoms with Crippen molar-refractivity contribution >= 4 is 0 Å². The fraction of sp³-hybridized carbons (Fsp3) is 0.909. The highest BCUT2D eigenvalue weighted by molar-refractivity contribution is 5.23. The van der Waals surface area contributed by atoms with Gasteiger partial charge in [-0.3, -0.25) is 0 Å². The van der Waals surface area contributed by atoms with Gasteiger partial charge in [-0.15, -0.1) is 0 Å². The Morgan fingerprint density at radius 3 is 2.61 bits per heavy atom. The van der Waals surface area contributed by atoms with Crippen LogP contribution in [0.5, 0.6) is 0 Å². The molecular formula is C22H36O. The van der Waals surface area contributed by atoms with Crippen LogP contribution in [0.1, 0.15) is 85.0 Å². The van der Waals surface area contributed by atoms with Crippen LogP contribution in [-0.2, 0) is 0 Å². The molecule has 7 atom stereocenters. The molecule has 0 aromatic rings. The number of hydrogen-bond acceptors (Lipinski definition) is 1. The first-order valence-electron chi connectivity index (χ1n) is 10.4. The van der Waals surface area contributed by atoms with E-state index in [9.17, 15) is 5.11 Å². The lowest BCUT2D eigenvalue weighted by molar-refractivity contribution is -0.104. The van der Waals surface area contributed by atoms with Crippen LogP contribution in [-0.4, -0.2) is 5.11 Å². The predicted molar refractivity (Wildman–Crippen MR) is 96.2 cm³/mol. The zero-order valence-electron chi connectivity index (χ0n) is 15.5. The molecule has 1 N–H and O–H groups in total. The van der Waals surface area contributed by atoms with Gasteiger partial charge in [-0.1, -0.05) is 40.0 Å². The molecule has 1 heteroatoms. The Morgan fingerprint density at radius 1 is 1.04 bits per heavy atom. The smallest absolute Gasteiger partial charge is 0.0786 e. The number of allylic oxidation sites excluding steroid dienone is 1. The molecule has 0 aromatic heterocycles. The van der Waals surface area contributed by atoms with Gasteiger partial charge in [-0.25, -0.2) is 0 Å². The van der Waals surface area contributed by atoms with Gasteiger partial charge < -0.3 is 5.11 Å². The molecule has 130 valence electrons. The molecule has 0 aliphatic heterocycles. The molecule has 0 amide bonds. The summed E-state index contributed by atoms with van der Waals surface area (Å²) in [6.45, 7) is 7.57. The number of aliphatic hydroxyl groups is 1. The summed E-state index contributed by atoms with van der Waals surface area (Å²) in [5.41, 5.74) is 2.47. The van der Waals surface area contributed by atoms with Crippen LogP contribution in [0, 0.1) is 40.4 Å². The molecule has 0 saturated heterocycles. The summed E-state index contributed by atoms with van der Waals surface area (Å²) in [6, 6.07) is 0. The second-order valence-electron chi connectivity index (χ2n) is 9.83. The van der Waals surface area contributed by atoms with E-state index in [2.05, 4.69) is 20.8 Å². The van der Waals surface area contributed by atoms with Crippen LogP contribution in [0.4, 0.5) is 0 Å². The topological polar surface area (TPSA) is 20.2 Å². The van der Waals surface area contributed by atoms with E-state index in [-0.39, 0.29) is 0 Å². The monoisotopic (exact) mass is 316 g/mol. The van der Waals surface area contributed by atoms with Crippen molar-refractivity contribution in [1.82, 2.24) is 0 Å². The van der Waals surface area contributed by atoms with E-state index in [4.69, 9.17) is 0 Å². The van der Waals surface area contributed by atoms with Crippen molar-refractivity contribution in [2.45, 2.75) is 85.0 Å². The Bertz CT molecular complexity index is 494. The van der Waals surface area contributed by atoms with Gasteiger partial charge in [0.1, 0.15) is 0 Å². The normalized spacial score (nSPS) is 54.4. The minimum atomic E-state index is 0.461. The van der Waals surface area contributed by atoms with Gasteiger partial charge in [0.2, 0.25) is 0 Å². The first kappa shape index (κ1) is 16.0. The molecule has 4 aliphatic rings. The van der Waals surface area contributed by atoms with E-state index >= 15 is 0 Å². The molecule has 4 saturated carbocycles. The lowest BCUT2D eigenvalue weighted by atomic mass is 9.44. The van der Waals surface area contributed by atoms with Crippen molar-refractivity contribution < 1.29 is 5.11 Å². The maximum Gasteiger partial charge on any atom is 0.0786 e. The first-order valence-corrected chi connectivity index (χ1v) is 10.4. The maximum atomic E-state index is 9.96. The van der Waals surface area contributed by atoms with E-state index < -0.39 is 0 Å². The van der Waals surface area contributed by atoms with Gasteiger partial charge in [-0.05, 0) is 90.9 Å². The third-order valence-electron chi connectivity index (χ3n) is 9.27. The largest absolute Gasteiger partial charge is 0.516 e. The summed E-state index contributed by atoms with van der Waals surface area (Å²) in [5.74, 6) is 4.24. The van der Waals surface area contributed by atoms with Crippen LogP contribution < -0.4 is 0 Å². The summed E-state index contributed by atoms with van der Waals surface area (Å²) in [4.78, 5) is 0. The number of fused-ring (bicyclic) bond motifs is 5. The van der Waals surface area contributed by atoms with E-state index in [1.54, 1.807) is 0 Å². The van der Waals surface area contributed by atoms with Gasteiger partial charge in [0.15, 0.2) is 0 Å². The van der Waals surface area contributed by atoms with E-state index in [0.29, 0.717) is 16.7 Å². The summed E-state index contributed by atoms with van der Waals surface area (Å²) < 4.78 is 0. The number of aliphatic hydroxyl groups excluding tert-OH is 1. The van der Waals surface area contributed by atoms with Gasteiger partial charge >= 0.3 is 0 Å².